The zero-order chi connectivity index (χ0) is 23.7. The molecule has 0 bridgehead atoms. The standard InChI is InChI=1S/C29H22FNO3/c30-24-14-10-19(11-15-24)16-17-31-26(21-7-2-1-3-8-21)25(28(33)29(31)34)27(32)23-13-12-20-6-4-5-9-22(20)18-23/h1-15,18,26,32H,16-17H2/b27-25-. The smallest absolute Gasteiger partial charge is 0.295 e. The van der Waals surface area contributed by atoms with E-state index in [-0.39, 0.29) is 23.7 Å². The van der Waals surface area contributed by atoms with Crippen molar-refractivity contribution in [3.8, 4) is 0 Å². The quantitative estimate of drug-likeness (QED) is 0.243. The molecule has 4 nitrogen and oxygen atoms in total. The molecule has 0 saturated carbocycles. The number of amides is 1. The Morgan fingerprint density at radius 1 is 0.824 bits per heavy atom. The summed E-state index contributed by atoms with van der Waals surface area (Å²) in [5.74, 6) is -1.89. The molecule has 5 rings (SSSR count). The first-order chi connectivity index (χ1) is 16.5. The average molecular weight is 451 g/mol. The van der Waals surface area contributed by atoms with Crippen molar-refractivity contribution in [2.45, 2.75) is 12.5 Å². The molecule has 0 spiro atoms. The molecule has 1 unspecified atom stereocenters. The fraction of sp³-hybridized carbons (Fsp3) is 0.103. The molecule has 0 aliphatic carbocycles. The van der Waals surface area contributed by atoms with Crippen molar-refractivity contribution in [1.82, 2.24) is 4.90 Å². The SMILES string of the molecule is O=C1C(=O)N(CCc2ccc(F)cc2)C(c2ccccc2)/C1=C(/O)c1ccc2ccccc2c1. The number of benzene rings is 4. The van der Waals surface area contributed by atoms with Gasteiger partial charge in [-0.05, 0) is 46.5 Å². The van der Waals surface area contributed by atoms with Gasteiger partial charge in [0.15, 0.2) is 0 Å². The number of aliphatic hydroxyl groups excluding tert-OH is 1. The topological polar surface area (TPSA) is 57.6 Å². The van der Waals surface area contributed by atoms with Gasteiger partial charge in [0.05, 0.1) is 11.6 Å². The molecule has 1 atom stereocenters. The van der Waals surface area contributed by atoms with Crippen molar-refractivity contribution in [3.05, 3.63) is 125 Å². The third-order valence-corrected chi connectivity index (χ3v) is 6.23. The zero-order valence-corrected chi connectivity index (χ0v) is 18.3. The average Bonchev–Trinajstić information content (AvgIpc) is 3.13. The van der Waals surface area contributed by atoms with E-state index in [4.69, 9.17) is 0 Å². The summed E-state index contributed by atoms with van der Waals surface area (Å²) < 4.78 is 13.3. The van der Waals surface area contributed by atoms with Gasteiger partial charge in [0.25, 0.3) is 11.7 Å². The lowest BCUT2D eigenvalue weighted by atomic mass is 9.94. The largest absolute Gasteiger partial charge is 0.507 e. The van der Waals surface area contributed by atoms with Gasteiger partial charge >= 0.3 is 0 Å². The number of halogens is 1. The second-order valence-corrected chi connectivity index (χ2v) is 8.34. The Balaban J connectivity index is 1.57. The van der Waals surface area contributed by atoms with Crippen LogP contribution in [0.2, 0.25) is 0 Å². The Bertz CT molecular complexity index is 1410. The third kappa shape index (κ3) is 3.97. The predicted octanol–water partition coefficient (Wildman–Crippen LogP) is 5.64. The van der Waals surface area contributed by atoms with E-state index in [1.165, 1.54) is 17.0 Å². The van der Waals surface area contributed by atoms with Gasteiger partial charge in [-0.25, -0.2) is 4.39 Å². The number of fused-ring (bicyclic) bond motifs is 1. The van der Waals surface area contributed by atoms with Crippen molar-refractivity contribution in [3.63, 3.8) is 0 Å². The highest BCUT2D eigenvalue weighted by atomic mass is 19.1. The fourth-order valence-corrected chi connectivity index (χ4v) is 4.49. The van der Waals surface area contributed by atoms with Gasteiger partial charge < -0.3 is 10.0 Å². The van der Waals surface area contributed by atoms with E-state index in [9.17, 15) is 19.1 Å². The summed E-state index contributed by atoms with van der Waals surface area (Å²) in [6.45, 7) is 0.254. The molecule has 1 amide bonds. The summed E-state index contributed by atoms with van der Waals surface area (Å²) in [6, 6.07) is 27.8. The fourth-order valence-electron chi connectivity index (χ4n) is 4.49. The lowest BCUT2D eigenvalue weighted by molar-refractivity contribution is -0.139. The van der Waals surface area contributed by atoms with E-state index < -0.39 is 17.7 Å². The Morgan fingerprint density at radius 2 is 1.50 bits per heavy atom. The number of ketones is 1. The number of hydrogen-bond acceptors (Lipinski definition) is 3. The first-order valence-electron chi connectivity index (χ1n) is 11.1. The number of hydrogen-bond donors (Lipinski definition) is 1. The van der Waals surface area contributed by atoms with E-state index in [2.05, 4.69) is 0 Å². The van der Waals surface area contributed by atoms with Crippen LogP contribution in [0.3, 0.4) is 0 Å². The Morgan fingerprint density at radius 3 is 2.24 bits per heavy atom. The van der Waals surface area contributed by atoms with Crippen LogP contribution in [0, 0.1) is 5.82 Å². The van der Waals surface area contributed by atoms with Crippen LogP contribution in [0.15, 0.2) is 103 Å². The van der Waals surface area contributed by atoms with Crippen LogP contribution in [0.25, 0.3) is 16.5 Å². The Kier molecular flexibility index (Phi) is 5.68. The van der Waals surface area contributed by atoms with Crippen LogP contribution in [-0.4, -0.2) is 28.2 Å². The molecule has 1 fully saturated rings. The summed E-state index contributed by atoms with van der Waals surface area (Å²) >= 11 is 0. The number of carbonyl (C=O) groups is 2. The Hall–Kier alpha value is -4.25. The third-order valence-electron chi connectivity index (χ3n) is 6.23. The molecule has 0 radical (unpaired) electrons. The number of likely N-dealkylation sites (tertiary alicyclic amines) is 1. The minimum atomic E-state index is -0.715. The van der Waals surface area contributed by atoms with Crippen LogP contribution in [0.4, 0.5) is 4.39 Å². The lowest BCUT2D eigenvalue weighted by Crippen LogP contribution is -2.31. The molecule has 5 heteroatoms. The second-order valence-electron chi connectivity index (χ2n) is 8.34. The number of rotatable bonds is 5. The zero-order valence-electron chi connectivity index (χ0n) is 18.3. The predicted molar refractivity (Wildman–Crippen MR) is 130 cm³/mol. The van der Waals surface area contributed by atoms with Crippen molar-refractivity contribution >= 4 is 28.2 Å². The molecular weight excluding hydrogens is 429 g/mol. The van der Waals surface area contributed by atoms with E-state index in [1.54, 1.807) is 18.2 Å². The van der Waals surface area contributed by atoms with Crippen LogP contribution in [-0.2, 0) is 16.0 Å². The monoisotopic (exact) mass is 451 g/mol. The van der Waals surface area contributed by atoms with Gasteiger partial charge in [0.2, 0.25) is 0 Å². The molecule has 1 aliphatic heterocycles. The van der Waals surface area contributed by atoms with Crippen LogP contribution in [0.1, 0.15) is 22.7 Å². The highest BCUT2D eigenvalue weighted by Gasteiger charge is 2.45. The summed E-state index contributed by atoms with van der Waals surface area (Å²) in [5, 5.41) is 13.2. The van der Waals surface area contributed by atoms with Gasteiger partial charge in [0.1, 0.15) is 11.6 Å². The van der Waals surface area contributed by atoms with Crippen molar-refractivity contribution in [1.29, 1.82) is 0 Å². The molecule has 34 heavy (non-hydrogen) atoms. The van der Waals surface area contributed by atoms with Gasteiger partial charge in [-0.2, -0.15) is 0 Å². The molecule has 4 aromatic carbocycles. The van der Waals surface area contributed by atoms with Crippen molar-refractivity contribution in [2.75, 3.05) is 6.54 Å². The minimum absolute atomic E-state index is 0.0746. The van der Waals surface area contributed by atoms with E-state index in [1.807, 2.05) is 66.7 Å². The summed E-state index contributed by atoms with van der Waals surface area (Å²) in [6.07, 6.45) is 0.451. The maximum atomic E-state index is 13.3. The molecular formula is C29H22FNO3. The van der Waals surface area contributed by atoms with Crippen LogP contribution < -0.4 is 0 Å². The summed E-state index contributed by atoms with van der Waals surface area (Å²) in [7, 11) is 0. The molecule has 0 aromatic heterocycles. The summed E-state index contributed by atoms with van der Waals surface area (Å²) in [5.41, 5.74) is 2.15. The first-order valence-corrected chi connectivity index (χ1v) is 11.1. The number of Topliss-reactive ketones (excluding diaryl/α,β-unsaturated/α-hetero) is 1. The number of nitrogens with zero attached hydrogens (tertiary/aromatic N) is 1. The van der Waals surface area contributed by atoms with E-state index in [0.717, 1.165) is 21.9 Å². The van der Waals surface area contributed by atoms with Gasteiger partial charge in [-0.3, -0.25) is 9.59 Å². The normalized spacial score (nSPS) is 17.4. The summed E-state index contributed by atoms with van der Waals surface area (Å²) in [4.78, 5) is 27.8. The molecule has 4 aromatic rings. The molecule has 168 valence electrons. The van der Waals surface area contributed by atoms with Crippen LogP contribution in [0.5, 0.6) is 0 Å². The molecule has 1 heterocycles. The molecule has 1 saturated heterocycles. The van der Waals surface area contributed by atoms with Crippen LogP contribution >= 0.6 is 0 Å². The maximum absolute atomic E-state index is 13.3. The van der Waals surface area contributed by atoms with E-state index in [0.29, 0.717) is 12.0 Å². The Labute approximate surface area is 196 Å². The number of carbonyl (C=O) groups excluding carboxylic acids is 2. The first kappa shape index (κ1) is 21.6. The maximum Gasteiger partial charge on any atom is 0.295 e. The molecule has 1 aliphatic rings. The lowest BCUT2D eigenvalue weighted by Gasteiger charge is -2.25. The van der Waals surface area contributed by atoms with Gasteiger partial charge in [-0.15, -0.1) is 0 Å². The van der Waals surface area contributed by atoms with Crippen molar-refractivity contribution < 1.29 is 19.1 Å². The van der Waals surface area contributed by atoms with Gasteiger partial charge in [0, 0.05) is 12.1 Å². The highest BCUT2D eigenvalue weighted by Crippen LogP contribution is 2.39. The molecule has 1 N–H and O–H groups in total. The number of aliphatic hydroxyl groups is 1. The van der Waals surface area contributed by atoms with E-state index >= 15 is 0 Å². The highest BCUT2D eigenvalue weighted by molar-refractivity contribution is 6.46. The minimum Gasteiger partial charge on any atom is -0.507 e. The second kappa shape index (κ2) is 8.94. The van der Waals surface area contributed by atoms with Gasteiger partial charge in [-0.1, -0.05) is 78.9 Å². The van der Waals surface area contributed by atoms with Crippen molar-refractivity contribution in [2.24, 2.45) is 0 Å².